The highest BCUT2D eigenvalue weighted by atomic mass is 19.4. The second-order valence-corrected chi connectivity index (χ2v) is 4.67. The van der Waals surface area contributed by atoms with E-state index in [9.17, 15) is 18.0 Å². The number of alkyl halides is 3. The summed E-state index contributed by atoms with van der Waals surface area (Å²) in [7, 11) is 0. The number of nitrogens with one attached hydrogen (secondary N) is 2. The molecule has 0 atom stereocenters. The molecular formula is C12H15F3N4O. The molecule has 110 valence electrons. The van der Waals surface area contributed by atoms with E-state index in [4.69, 9.17) is 0 Å². The molecule has 20 heavy (non-hydrogen) atoms. The lowest BCUT2D eigenvalue weighted by atomic mass is 10.3. The van der Waals surface area contributed by atoms with Crippen LogP contribution in [-0.2, 0) is 11.0 Å². The van der Waals surface area contributed by atoms with Crippen molar-refractivity contribution in [2.24, 2.45) is 0 Å². The summed E-state index contributed by atoms with van der Waals surface area (Å²) in [6.45, 7) is 0.456. The third-order valence-electron chi connectivity index (χ3n) is 2.78. The molecule has 5 nitrogen and oxygen atoms in total. The van der Waals surface area contributed by atoms with Gasteiger partial charge in [0.15, 0.2) is 5.69 Å². The number of hydrogen-bond donors (Lipinski definition) is 2. The zero-order chi connectivity index (χ0) is 14.6. The number of hydrogen-bond acceptors (Lipinski definition) is 4. The summed E-state index contributed by atoms with van der Waals surface area (Å²) in [5, 5.41) is 12.2. The fraction of sp³-hybridized carbons (Fsp3) is 0.583. The van der Waals surface area contributed by atoms with E-state index in [1.807, 2.05) is 0 Å². The highest BCUT2D eigenvalue weighted by Crippen LogP contribution is 2.27. The molecule has 1 fully saturated rings. The molecule has 1 amide bonds. The van der Waals surface area contributed by atoms with Gasteiger partial charge in [-0.15, -0.1) is 10.2 Å². The largest absolute Gasteiger partial charge is 0.435 e. The van der Waals surface area contributed by atoms with Gasteiger partial charge in [-0.2, -0.15) is 13.2 Å². The van der Waals surface area contributed by atoms with Crippen molar-refractivity contribution < 1.29 is 18.0 Å². The molecule has 1 aliphatic carbocycles. The third kappa shape index (κ3) is 4.67. The first-order chi connectivity index (χ1) is 9.45. The minimum Gasteiger partial charge on any atom is -0.369 e. The van der Waals surface area contributed by atoms with Crippen LogP contribution in [0.5, 0.6) is 0 Å². The van der Waals surface area contributed by atoms with Crippen LogP contribution in [0.25, 0.3) is 0 Å². The van der Waals surface area contributed by atoms with E-state index in [1.165, 1.54) is 6.07 Å². The van der Waals surface area contributed by atoms with Crippen LogP contribution in [0.2, 0.25) is 0 Å². The molecule has 1 aliphatic rings. The van der Waals surface area contributed by atoms with Gasteiger partial charge in [0.05, 0.1) is 0 Å². The molecule has 2 N–H and O–H groups in total. The first kappa shape index (κ1) is 14.5. The van der Waals surface area contributed by atoms with Gasteiger partial charge in [0.25, 0.3) is 0 Å². The molecule has 0 spiro atoms. The van der Waals surface area contributed by atoms with Crippen molar-refractivity contribution >= 4 is 11.7 Å². The van der Waals surface area contributed by atoms with Gasteiger partial charge in [0, 0.05) is 19.0 Å². The summed E-state index contributed by atoms with van der Waals surface area (Å²) in [5.74, 6) is 0.272. The molecule has 0 bridgehead atoms. The van der Waals surface area contributed by atoms with Crippen LogP contribution in [0, 0.1) is 0 Å². The number of carbonyl (C=O) groups is 1. The van der Waals surface area contributed by atoms with Crippen LogP contribution >= 0.6 is 0 Å². The van der Waals surface area contributed by atoms with E-state index in [2.05, 4.69) is 20.8 Å². The van der Waals surface area contributed by atoms with Crippen LogP contribution in [0.3, 0.4) is 0 Å². The van der Waals surface area contributed by atoms with Crippen LogP contribution < -0.4 is 10.6 Å². The Kier molecular flexibility index (Phi) is 4.41. The molecule has 1 saturated carbocycles. The Balaban J connectivity index is 1.67. The van der Waals surface area contributed by atoms with Crippen molar-refractivity contribution in [2.75, 3.05) is 11.9 Å². The third-order valence-corrected chi connectivity index (χ3v) is 2.78. The molecular weight excluding hydrogens is 273 g/mol. The molecule has 2 rings (SSSR count). The molecule has 0 unspecified atom stereocenters. The maximum absolute atomic E-state index is 12.3. The summed E-state index contributed by atoms with van der Waals surface area (Å²) in [5.41, 5.74) is -1.02. The van der Waals surface area contributed by atoms with Crippen LogP contribution in [0.15, 0.2) is 12.1 Å². The minimum atomic E-state index is -4.48. The number of nitrogens with zero attached hydrogens (tertiary/aromatic N) is 2. The first-order valence-corrected chi connectivity index (χ1v) is 6.39. The SMILES string of the molecule is O=C(CCCNc1ccc(C(F)(F)F)nn1)NC1CC1. The number of carbonyl (C=O) groups excluding carboxylic acids is 1. The van der Waals surface area contributed by atoms with Gasteiger partial charge in [0.1, 0.15) is 5.82 Å². The standard InChI is InChI=1S/C12H15F3N4O/c13-12(14,15)9-5-6-10(19-18-9)16-7-1-2-11(20)17-8-3-4-8/h5-6,8H,1-4,7H2,(H,16,19)(H,17,20). The van der Waals surface area contributed by atoms with Crippen molar-refractivity contribution in [3.8, 4) is 0 Å². The van der Waals surface area contributed by atoms with Crippen molar-refractivity contribution in [3.05, 3.63) is 17.8 Å². The van der Waals surface area contributed by atoms with Gasteiger partial charge >= 0.3 is 6.18 Å². The van der Waals surface area contributed by atoms with E-state index >= 15 is 0 Å². The van der Waals surface area contributed by atoms with Gasteiger partial charge in [0.2, 0.25) is 5.91 Å². The number of aromatic nitrogens is 2. The van der Waals surface area contributed by atoms with Gasteiger partial charge in [-0.3, -0.25) is 4.79 Å². The molecule has 0 aliphatic heterocycles. The Bertz CT molecular complexity index is 457. The zero-order valence-electron chi connectivity index (χ0n) is 10.7. The van der Waals surface area contributed by atoms with Crippen molar-refractivity contribution in [1.29, 1.82) is 0 Å². The highest BCUT2D eigenvalue weighted by Gasteiger charge is 2.32. The molecule has 0 aromatic carbocycles. The predicted molar refractivity (Wildman–Crippen MR) is 65.9 cm³/mol. The quantitative estimate of drug-likeness (QED) is 0.785. The Morgan fingerprint density at radius 1 is 1.30 bits per heavy atom. The lowest BCUT2D eigenvalue weighted by Crippen LogP contribution is -2.25. The smallest absolute Gasteiger partial charge is 0.369 e. The van der Waals surface area contributed by atoms with Crippen LogP contribution in [-0.4, -0.2) is 28.7 Å². The summed E-state index contributed by atoms with van der Waals surface area (Å²) in [6.07, 6.45) is -1.42. The molecule has 1 heterocycles. The average molecular weight is 288 g/mol. The summed E-state index contributed by atoms with van der Waals surface area (Å²) >= 11 is 0. The van der Waals surface area contributed by atoms with Crippen LogP contribution in [0.1, 0.15) is 31.4 Å². The second-order valence-electron chi connectivity index (χ2n) is 4.67. The Labute approximate surface area is 114 Å². The predicted octanol–water partition coefficient (Wildman–Crippen LogP) is 1.97. The van der Waals surface area contributed by atoms with E-state index in [0.717, 1.165) is 18.9 Å². The van der Waals surface area contributed by atoms with E-state index in [1.54, 1.807) is 0 Å². The number of rotatable bonds is 6. The average Bonchev–Trinajstić information content (AvgIpc) is 3.18. The minimum absolute atomic E-state index is 0.00723. The summed E-state index contributed by atoms with van der Waals surface area (Å²) < 4.78 is 36.8. The normalized spacial score (nSPS) is 14.9. The Morgan fingerprint density at radius 2 is 2.05 bits per heavy atom. The molecule has 8 heteroatoms. The molecule has 1 aromatic heterocycles. The number of amides is 1. The van der Waals surface area contributed by atoms with Gasteiger partial charge in [-0.1, -0.05) is 0 Å². The van der Waals surface area contributed by atoms with E-state index in [-0.39, 0.29) is 11.7 Å². The van der Waals surface area contributed by atoms with E-state index < -0.39 is 11.9 Å². The Morgan fingerprint density at radius 3 is 2.60 bits per heavy atom. The fourth-order valence-electron chi connectivity index (χ4n) is 1.57. The summed E-state index contributed by atoms with van der Waals surface area (Å²) in [6, 6.07) is 2.44. The number of anilines is 1. The zero-order valence-corrected chi connectivity index (χ0v) is 10.7. The summed E-state index contributed by atoms with van der Waals surface area (Å²) in [4.78, 5) is 11.4. The Hall–Kier alpha value is -1.86. The van der Waals surface area contributed by atoms with Gasteiger partial charge in [-0.25, -0.2) is 0 Å². The molecule has 1 aromatic rings. The highest BCUT2D eigenvalue weighted by molar-refractivity contribution is 5.76. The van der Waals surface area contributed by atoms with Gasteiger partial charge < -0.3 is 10.6 Å². The maximum Gasteiger partial charge on any atom is 0.435 e. The van der Waals surface area contributed by atoms with Crippen molar-refractivity contribution in [1.82, 2.24) is 15.5 Å². The lowest BCUT2D eigenvalue weighted by Gasteiger charge is -2.07. The van der Waals surface area contributed by atoms with Crippen molar-refractivity contribution in [2.45, 2.75) is 37.9 Å². The lowest BCUT2D eigenvalue weighted by molar-refractivity contribution is -0.141. The first-order valence-electron chi connectivity index (χ1n) is 6.39. The maximum atomic E-state index is 12.3. The monoisotopic (exact) mass is 288 g/mol. The van der Waals surface area contributed by atoms with E-state index in [0.29, 0.717) is 25.4 Å². The topological polar surface area (TPSA) is 66.9 Å². The van der Waals surface area contributed by atoms with Crippen LogP contribution in [0.4, 0.5) is 19.0 Å². The molecule has 0 radical (unpaired) electrons. The molecule has 0 saturated heterocycles. The van der Waals surface area contributed by atoms with Gasteiger partial charge in [-0.05, 0) is 31.4 Å². The number of halogens is 3. The van der Waals surface area contributed by atoms with Crippen molar-refractivity contribution in [3.63, 3.8) is 0 Å². The fourth-order valence-corrected chi connectivity index (χ4v) is 1.57. The second kappa shape index (κ2) is 6.06.